The van der Waals surface area contributed by atoms with Gasteiger partial charge < -0.3 is 14.6 Å². The van der Waals surface area contributed by atoms with Crippen LogP contribution in [0.3, 0.4) is 0 Å². The van der Waals surface area contributed by atoms with Gasteiger partial charge in [-0.15, -0.1) is 0 Å². The second-order valence-corrected chi connectivity index (χ2v) is 6.46. The highest BCUT2D eigenvalue weighted by Crippen LogP contribution is 2.36. The van der Waals surface area contributed by atoms with E-state index in [9.17, 15) is 0 Å². The maximum Gasteiger partial charge on any atom is 0.496 e. The van der Waals surface area contributed by atoms with Crippen molar-refractivity contribution in [1.29, 1.82) is 0 Å². The van der Waals surface area contributed by atoms with Crippen molar-refractivity contribution in [3.8, 4) is 0 Å². The number of aromatic nitrogens is 1. The van der Waals surface area contributed by atoms with Crippen LogP contribution in [0.2, 0.25) is 0 Å². The molecule has 4 nitrogen and oxygen atoms in total. The lowest BCUT2D eigenvalue weighted by molar-refractivity contribution is 0.00578. The molecule has 2 aliphatic heterocycles. The van der Waals surface area contributed by atoms with Gasteiger partial charge in [-0.3, -0.25) is 4.98 Å². The van der Waals surface area contributed by atoms with Crippen LogP contribution in [0.4, 0.5) is 0 Å². The van der Waals surface area contributed by atoms with Crippen molar-refractivity contribution in [2.45, 2.75) is 52.2 Å². The maximum absolute atomic E-state index is 6.02. The lowest BCUT2D eigenvalue weighted by Crippen LogP contribution is -2.41. The Bertz CT molecular complexity index is 457. The van der Waals surface area contributed by atoms with Crippen molar-refractivity contribution in [3.05, 3.63) is 24.0 Å². The molecule has 0 bridgehead atoms. The molecular formula is C15H25B2N2O2. The number of nitrogens with zero attached hydrogens (tertiary/aromatic N) is 1. The van der Waals surface area contributed by atoms with Gasteiger partial charge in [0.25, 0.3) is 0 Å². The smallest absolute Gasteiger partial charge is 0.399 e. The summed E-state index contributed by atoms with van der Waals surface area (Å²) in [5.41, 5.74) is 1.55. The fraction of sp³-hybridized carbons (Fsp3) is 0.667. The molecule has 3 heterocycles. The van der Waals surface area contributed by atoms with Gasteiger partial charge in [-0.1, -0.05) is 13.5 Å². The molecule has 6 heteroatoms. The first-order valence-electron chi connectivity index (χ1n) is 6.91. The Morgan fingerprint density at radius 3 is 2.10 bits per heavy atom. The third-order valence-corrected chi connectivity index (χ3v) is 4.53. The summed E-state index contributed by atoms with van der Waals surface area (Å²) in [6, 6.07) is 4.16. The number of pyridine rings is 1. The summed E-state index contributed by atoms with van der Waals surface area (Å²) in [7, 11) is -0.314. The Labute approximate surface area is 130 Å². The average molecular weight is 287 g/mol. The van der Waals surface area contributed by atoms with E-state index >= 15 is 0 Å². The Hall–Kier alpha value is -0.840. The second-order valence-electron chi connectivity index (χ2n) is 6.46. The minimum absolute atomic E-state index is 0. The molecule has 0 spiro atoms. The molecular weight excluding hydrogens is 262 g/mol. The average Bonchev–Trinajstić information content (AvgIpc) is 2.47. The molecule has 2 fully saturated rings. The zero-order chi connectivity index (χ0) is 13.7. The molecule has 3 radical (unpaired) electrons. The summed E-state index contributed by atoms with van der Waals surface area (Å²) in [4.78, 5) is 4.54. The number of hydrogen-bond acceptors (Lipinski definition) is 4. The third-order valence-electron chi connectivity index (χ3n) is 4.53. The summed E-state index contributed by atoms with van der Waals surface area (Å²) >= 11 is 0. The van der Waals surface area contributed by atoms with E-state index in [-0.39, 0.29) is 34.2 Å². The molecule has 1 aromatic heterocycles. The van der Waals surface area contributed by atoms with Crippen molar-refractivity contribution in [1.82, 2.24) is 10.3 Å². The number of nitrogens with one attached hydrogen (secondary N) is 1. The molecule has 0 atom stereocenters. The molecule has 2 saturated heterocycles. The van der Waals surface area contributed by atoms with Crippen molar-refractivity contribution < 1.29 is 9.31 Å². The zero-order valence-corrected chi connectivity index (χ0v) is 12.6. The first-order chi connectivity index (χ1) is 8.89. The van der Waals surface area contributed by atoms with Gasteiger partial charge in [-0.05, 0) is 33.8 Å². The molecule has 21 heavy (non-hydrogen) atoms. The maximum atomic E-state index is 6.02. The molecule has 0 amide bonds. The predicted octanol–water partition coefficient (Wildman–Crippen LogP) is 1.32. The first-order valence-corrected chi connectivity index (χ1v) is 6.91. The largest absolute Gasteiger partial charge is 0.496 e. The molecule has 2 aliphatic rings. The Balaban J connectivity index is 0.00000110. The molecule has 0 unspecified atom stereocenters. The topological polar surface area (TPSA) is 43.4 Å². The van der Waals surface area contributed by atoms with Gasteiger partial charge in [0.2, 0.25) is 0 Å². The van der Waals surface area contributed by atoms with E-state index < -0.39 is 0 Å². The van der Waals surface area contributed by atoms with Crippen LogP contribution in [0.25, 0.3) is 0 Å². The van der Waals surface area contributed by atoms with E-state index in [1.54, 1.807) is 0 Å². The van der Waals surface area contributed by atoms with Gasteiger partial charge >= 0.3 is 7.12 Å². The minimum atomic E-state index is -0.314. The fourth-order valence-corrected chi connectivity index (χ4v) is 2.27. The van der Waals surface area contributed by atoms with Crippen molar-refractivity contribution in [2.75, 3.05) is 13.1 Å². The predicted molar refractivity (Wildman–Crippen MR) is 88.0 cm³/mol. The highest BCUT2D eigenvalue weighted by atomic mass is 16.7. The van der Waals surface area contributed by atoms with Crippen LogP contribution in [0, 0.1) is 0 Å². The van der Waals surface area contributed by atoms with Gasteiger partial charge in [0.15, 0.2) is 0 Å². The summed E-state index contributed by atoms with van der Waals surface area (Å²) in [5.74, 6) is 0.562. The molecule has 3 rings (SSSR count). The quantitative estimate of drug-likeness (QED) is 0.833. The number of rotatable bonds is 2. The Kier molecular flexibility index (Phi) is 5.30. The van der Waals surface area contributed by atoms with Crippen LogP contribution in [-0.2, 0) is 9.31 Å². The molecule has 1 N–H and O–H groups in total. The Morgan fingerprint density at radius 2 is 1.71 bits per heavy atom. The van der Waals surface area contributed by atoms with E-state index in [0.717, 1.165) is 24.2 Å². The summed E-state index contributed by atoms with van der Waals surface area (Å²) in [6.45, 7) is 10.3. The van der Waals surface area contributed by atoms with Crippen LogP contribution in [0.15, 0.2) is 18.3 Å². The SMILES string of the molecule is C.CC1(C)OB(c2ccc(C3CNC3)nc2)OC1(C)C.[B]. The molecule has 1 aromatic rings. The number of hydrogen-bond donors (Lipinski definition) is 1. The van der Waals surface area contributed by atoms with E-state index in [4.69, 9.17) is 9.31 Å². The first kappa shape index (κ1) is 18.2. The van der Waals surface area contributed by atoms with Crippen LogP contribution >= 0.6 is 0 Å². The van der Waals surface area contributed by atoms with Crippen molar-refractivity contribution in [3.63, 3.8) is 0 Å². The summed E-state index contributed by atoms with van der Waals surface area (Å²) in [6.07, 6.45) is 1.88. The van der Waals surface area contributed by atoms with E-state index in [2.05, 4.69) is 50.1 Å². The monoisotopic (exact) mass is 287 g/mol. The van der Waals surface area contributed by atoms with Crippen LogP contribution in [0.5, 0.6) is 0 Å². The standard InChI is InChI=1S/C14H21BN2O2.CH4.B/c1-13(2)14(3,4)19-15(18-13)11-5-6-12(17-9-11)10-7-16-8-10;;/h5-6,9-10,16H,7-8H2,1-4H3;1H4;. The molecule has 0 aliphatic carbocycles. The summed E-state index contributed by atoms with van der Waals surface area (Å²) in [5, 5.41) is 3.26. The van der Waals surface area contributed by atoms with Gasteiger partial charge in [0.1, 0.15) is 0 Å². The van der Waals surface area contributed by atoms with E-state index in [1.165, 1.54) is 0 Å². The highest BCUT2D eigenvalue weighted by Gasteiger charge is 2.51. The van der Waals surface area contributed by atoms with Gasteiger partial charge in [0.05, 0.1) is 11.2 Å². The normalized spacial score (nSPS) is 23.0. The van der Waals surface area contributed by atoms with Crippen LogP contribution < -0.4 is 10.8 Å². The lowest BCUT2D eigenvalue weighted by Gasteiger charge is -2.32. The van der Waals surface area contributed by atoms with Gasteiger partial charge in [0, 0.05) is 44.8 Å². The van der Waals surface area contributed by atoms with Crippen LogP contribution in [0.1, 0.15) is 46.7 Å². The zero-order valence-electron chi connectivity index (χ0n) is 12.6. The second kappa shape index (κ2) is 6.11. The molecule has 113 valence electrons. The van der Waals surface area contributed by atoms with E-state index in [0.29, 0.717) is 5.92 Å². The molecule has 0 saturated carbocycles. The molecule has 0 aromatic carbocycles. The van der Waals surface area contributed by atoms with Crippen molar-refractivity contribution >= 4 is 21.0 Å². The van der Waals surface area contributed by atoms with Crippen molar-refractivity contribution in [2.24, 2.45) is 0 Å². The van der Waals surface area contributed by atoms with E-state index in [1.807, 2.05) is 6.20 Å². The fourth-order valence-electron chi connectivity index (χ4n) is 2.27. The van der Waals surface area contributed by atoms with Gasteiger partial charge in [-0.2, -0.15) is 0 Å². The van der Waals surface area contributed by atoms with Crippen LogP contribution in [-0.4, -0.2) is 44.8 Å². The lowest BCUT2D eigenvalue weighted by atomic mass is 9.80. The Morgan fingerprint density at radius 1 is 1.14 bits per heavy atom. The highest BCUT2D eigenvalue weighted by molar-refractivity contribution is 6.62. The minimum Gasteiger partial charge on any atom is -0.399 e. The van der Waals surface area contributed by atoms with Gasteiger partial charge in [-0.25, -0.2) is 0 Å². The summed E-state index contributed by atoms with van der Waals surface area (Å²) < 4.78 is 12.0. The third kappa shape index (κ3) is 3.17.